The van der Waals surface area contributed by atoms with E-state index in [1.807, 2.05) is 24.3 Å². The number of carbonyl (C=O) groups excluding carboxylic acids is 2. The van der Waals surface area contributed by atoms with E-state index < -0.39 is 22.9 Å². The first-order chi connectivity index (χ1) is 15.8. The molecule has 1 saturated carbocycles. The molecule has 0 aromatic heterocycles. The standard InChI is InChI=1S/C26H28N2O5/c1-25(23(30)31)15-28(16-25)22(29)26(11-6-12-26)14-27-24(32)33-13-21-19-9-4-2-7-17(19)18-8-3-5-10-20(18)21/h2-5,7-10,21H,6,11-16H2,1H3,(H,27,32)(H,30,31). The van der Waals surface area contributed by atoms with Crippen LogP contribution in [0.5, 0.6) is 0 Å². The Morgan fingerprint density at radius 2 is 1.61 bits per heavy atom. The van der Waals surface area contributed by atoms with E-state index in [2.05, 4.69) is 29.6 Å². The summed E-state index contributed by atoms with van der Waals surface area (Å²) in [5.41, 5.74) is 3.12. The van der Waals surface area contributed by atoms with E-state index in [1.165, 1.54) is 11.1 Å². The molecule has 3 aliphatic rings. The predicted octanol–water partition coefficient (Wildman–Crippen LogP) is 3.63. The third kappa shape index (κ3) is 3.56. The SMILES string of the molecule is CC1(C(=O)O)CN(C(=O)C2(CNC(=O)OCC3c4ccccc4-c4ccccc43)CCC2)C1. The van der Waals surface area contributed by atoms with Crippen molar-refractivity contribution in [2.45, 2.75) is 32.1 Å². The summed E-state index contributed by atoms with van der Waals surface area (Å²) in [6.45, 7) is 2.52. The second kappa shape index (κ2) is 7.90. The lowest BCUT2D eigenvalue weighted by Crippen LogP contribution is -2.65. The first kappa shape index (κ1) is 21.5. The van der Waals surface area contributed by atoms with Crippen LogP contribution in [-0.4, -0.2) is 54.2 Å². The Labute approximate surface area is 192 Å². The van der Waals surface area contributed by atoms with E-state index >= 15 is 0 Å². The van der Waals surface area contributed by atoms with Gasteiger partial charge < -0.3 is 20.1 Å². The van der Waals surface area contributed by atoms with Gasteiger partial charge in [0.15, 0.2) is 0 Å². The minimum absolute atomic E-state index is 0.0165. The maximum absolute atomic E-state index is 13.0. The van der Waals surface area contributed by atoms with E-state index in [0.29, 0.717) is 12.8 Å². The van der Waals surface area contributed by atoms with Crippen LogP contribution in [0.4, 0.5) is 4.79 Å². The molecule has 1 heterocycles. The Morgan fingerprint density at radius 1 is 1.03 bits per heavy atom. The summed E-state index contributed by atoms with van der Waals surface area (Å²) in [7, 11) is 0. The fourth-order valence-corrected chi connectivity index (χ4v) is 5.37. The van der Waals surface area contributed by atoms with Crippen LogP contribution in [0, 0.1) is 10.8 Å². The molecule has 0 bridgehead atoms. The van der Waals surface area contributed by atoms with Crippen molar-refractivity contribution in [3.63, 3.8) is 0 Å². The molecule has 2 aliphatic carbocycles. The van der Waals surface area contributed by atoms with Gasteiger partial charge in [-0.05, 0) is 42.0 Å². The number of aliphatic carboxylic acids is 1. The fraction of sp³-hybridized carbons (Fsp3) is 0.423. The van der Waals surface area contributed by atoms with E-state index in [-0.39, 0.29) is 38.1 Å². The topological polar surface area (TPSA) is 95.9 Å². The summed E-state index contributed by atoms with van der Waals surface area (Å²) in [6.07, 6.45) is 1.77. The first-order valence-electron chi connectivity index (χ1n) is 11.4. The van der Waals surface area contributed by atoms with Gasteiger partial charge in [0.2, 0.25) is 5.91 Å². The largest absolute Gasteiger partial charge is 0.481 e. The molecule has 172 valence electrons. The monoisotopic (exact) mass is 448 g/mol. The van der Waals surface area contributed by atoms with Crippen molar-refractivity contribution < 1.29 is 24.2 Å². The number of nitrogens with zero attached hydrogens (tertiary/aromatic N) is 1. The quantitative estimate of drug-likeness (QED) is 0.704. The second-order valence-corrected chi connectivity index (χ2v) is 9.84. The molecule has 2 fully saturated rings. The van der Waals surface area contributed by atoms with Crippen LogP contribution in [0.3, 0.4) is 0 Å². The Hall–Kier alpha value is -3.35. The van der Waals surface area contributed by atoms with Gasteiger partial charge in [0.1, 0.15) is 6.61 Å². The van der Waals surface area contributed by atoms with Crippen LogP contribution in [0.1, 0.15) is 43.2 Å². The predicted molar refractivity (Wildman–Crippen MR) is 122 cm³/mol. The number of amides is 2. The molecule has 7 heteroatoms. The zero-order valence-electron chi connectivity index (χ0n) is 18.7. The lowest BCUT2D eigenvalue weighted by atomic mass is 9.66. The van der Waals surface area contributed by atoms with Crippen LogP contribution in [0.2, 0.25) is 0 Å². The highest BCUT2D eigenvalue weighted by atomic mass is 16.5. The minimum atomic E-state index is -0.883. The van der Waals surface area contributed by atoms with Crippen molar-refractivity contribution in [2.75, 3.05) is 26.2 Å². The second-order valence-electron chi connectivity index (χ2n) is 9.84. The number of nitrogens with one attached hydrogen (secondary N) is 1. The molecule has 0 atom stereocenters. The van der Waals surface area contributed by atoms with Gasteiger partial charge in [-0.2, -0.15) is 0 Å². The number of likely N-dealkylation sites (tertiary alicyclic amines) is 1. The highest BCUT2D eigenvalue weighted by Gasteiger charge is 2.54. The number of carboxylic acids is 1. The molecule has 2 N–H and O–H groups in total. The Bertz CT molecular complexity index is 1070. The number of benzene rings is 2. The summed E-state index contributed by atoms with van der Waals surface area (Å²) < 4.78 is 5.60. The highest BCUT2D eigenvalue weighted by molar-refractivity contribution is 5.88. The van der Waals surface area contributed by atoms with Gasteiger partial charge in [-0.1, -0.05) is 55.0 Å². The van der Waals surface area contributed by atoms with Gasteiger partial charge in [0.05, 0.1) is 10.8 Å². The van der Waals surface area contributed by atoms with E-state index in [4.69, 9.17) is 4.74 Å². The number of rotatable bonds is 6. The Morgan fingerprint density at radius 3 is 2.12 bits per heavy atom. The Kier molecular flexibility index (Phi) is 5.15. The van der Waals surface area contributed by atoms with Crippen molar-refractivity contribution in [2.24, 2.45) is 10.8 Å². The molecule has 33 heavy (non-hydrogen) atoms. The molecule has 0 spiro atoms. The number of carbonyl (C=O) groups is 3. The first-order valence-corrected chi connectivity index (χ1v) is 11.4. The fourth-order valence-electron chi connectivity index (χ4n) is 5.37. The average Bonchev–Trinajstić information content (AvgIpc) is 3.08. The zero-order valence-corrected chi connectivity index (χ0v) is 18.7. The average molecular weight is 449 g/mol. The molecule has 1 saturated heterocycles. The van der Waals surface area contributed by atoms with Crippen molar-refractivity contribution in [1.82, 2.24) is 10.2 Å². The summed E-state index contributed by atoms with van der Waals surface area (Å²) in [4.78, 5) is 38.5. The highest BCUT2D eigenvalue weighted by Crippen LogP contribution is 2.46. The minimum Gasteiger partial charge on any atom is -0.481 e. The number of fused-ring (bicyclic) bond motifs is 3. The number of carboxylic acid groups (broad SMARTS) is 1. The number of alkyl carbamates (subject to hydrolysis) is 1. The summed E-state index contributed by atoms with van der Waals surface area (Å²) >= 11 is 0. The lowest BCUT2D eigenvalue weighted by Gasteiger charge is -2.51. The Balaban J connectivity index is 1.18. The molecule has 1 aliphatic heterocycles. The van der Waals surface area contributed by atoms with Gasteiger partial charge in [-0.15, -0.1) is 0 Å². The summed E-state index contributed by atoms with van der Waals surface area (Å²) in [5, 5.41) is 12.1. The van der Waals surface area contributed by atoms with Crippen LogP contribution in [0.15, 0.2) is 48.5 Å². The number of hydrogen-bond donors (Lipinski definition) is 2. The summed E-state index contributed by atoms with van der Waals surface area (Å²) in [6, 6.07) is 16.3. The maximum atomic E-state index is 13.0. The molecule has 0 unspecified atom stereocenters. The van der Waals surface area contributed by atoms with Crippen molar-refractivity contribution >= 4 is 18.0 Å². The molecule has 5 rings (SSSR count). The van der Waals surface area contributed by atoms with Gasteiger partial charge in [-0.25, -0.2) is 4.79 Å². The van der Waals surface area contributed by atoms with E-state index in [9.17, 15) is 19.5 Å². The third-order valence-corrected chi connectivity index (χ3v) is 7.56. The molecule has 0 radical (unpaired) electrons. The number of hydrogen-bond acceptors (Lipinski definition) is 4. The molecule has 2 amide bonds. The van der Waals surface area contributed by atoms with Gasteiger partial charge in [0.25, 0.3) is 0 Å². The van der Waals surface area contributed by atoms with Crippen LogP contribution >= 0.6 is 0 Å². The zero-order chi connectivity index (χ0) is 23.2. The smallest absolute Gasteiger partial charge is 0.407 e. The van der Waals surface area contributed by atoms with Crippen molar-refractivity contribution in [3.05, 3.63) is 59.7 Å². The molecule has 2 aromatic carbocycles. The summed E-state index contributed by atoms with van der Waals surface area (Å²) in [5.74, 6) is -0.963. The van der Waals surface area contributed by atoms with Gasteiger partial charge in [-0.3, -0.25) is 9.59 Å². The van der Waals surface area contributed by atoms with E-state index in [0.717, 1.165) is 17.5 Å². The van der Waals surface area contributed by atoms with Crippen LogP contribution in [0.25, 0.3) is 11.1 Å². The maximum Gasteiger partial charge on any atom is 0.407 e. The van der Waals surface area contributed by atoms with Crippen LogP contribution in [-0.2, 0) is 14.3 Å². The van der Waals surface area contributed by atoms with Crippen LogP contribution < -0.4 is 5.32 Å². The molecular formula is C26H28N2O5. The number of ether oxygens (including phenoxy) is 1. The van der Waals surface area contributed by atoms with E-state index in [1.54, 1.807) is 11.8 Å². The molecular weight excluding hydrogens is 420 g/mol. The molecule has 7 nitrogen and oxygen atoms in total. The van der Waals surface area contributed by atoms with Gasteiger partial charge in [0, 0.05) is 25.6 Å². The lowest BCUT2D eigenvalue weighted by molar-refractivity contribution is -0.171. The van der Waals surface area contributed by atoms with Crippen molar-refractivity contribution in [3.8, 4) is 11.1 Å². The third-order valence-electron chi connectivity index (χ3n) is 7.56. The normalized spacial score (nSPS) is 19.5. The molecule has 2 aromatic rings. The van der Waals surface area contributed by atoms with Crippen molar-refractivity contribution in [1.29, 1.82) is 0 Å². The van der Waals surface area contributed by atoms with Gasteiger partial charge >= 0.3 is 12.1 Å².